The highest BCUT2D eigenvalue weighted by Crippen LogP contribution is 2.35. The Bertz CT molecular complexity index is 1610. The number of aromatic nitrogens is 2. The molecule has 3 aromatic carbocycles. The number of ketones is 1. The molecule has 6 nitrogen and oxygen atoms in total. The van der Waals surface area contributed by atoms with Gasteiger partial charge < -0.3 is 14.0 Å². The first-order valence-electron chi connectivity index (χ1n) is 15.4. The van der Waals surface area contributed by atoms with E-state index in [2.05, 4.69) is 18.8 Å². The summed E-state index contributed by atoms with van der Waals surface area (Å²) in [4.78, 5) is 17.5. The molecule has 10 heteroatoms. The van der Waals surface area contributed by atoms with Gasteiger partial charge in [-0.25, -0.2) is 4.98 Å². The van der Waals surface area contributed by atoms with Crippen LogP contribution in [0.15, 0.2) is 90.2 Å². The molecule has 0 fully saturated rings. The van der Waals surface area contributed by atoms with Gasteiger partial charge in [0, 0.05) is 30.7 Å². The number of carbonyl (C=O) groups excluding carboxylic acids is 1. The van der Waals surface area contributed by atoms with E-state index in [1.165, 1.54) is 24.3 Å². The number of allylic oxidation sites excluding steroid dienone is 1. The Kier molecular flexibility index (Phi) is 12.9. The first kappa shape index (κ1) is 34.8. The zero-order valence-corrected chi connectivity index (χ0v) is 26.9. The fourth-order valence-electron chi connectivity index (χ4n) is 4.78. The largest absolute Gasteiger partial charge is 0.491 e. The number of aryl methyl sites for hydroxylation is 1. The molecule has 0 saturated heterocycles. The third kappa shape index (κ3) is 10.3. The fourth-order valence-corrected chi connectivity index (χ4v) is 5.89. The standard InChI is InChI=1S/C36H39F3N2O4S/c1-3-5-19-44-20-21-45-33-13-9-28(10-14-33)29-11-17-35(36(37,38)39)30(23-29)8-12-32(42)22-27-6-15-34(16-7-27)46(43)25-31-24-40-26-41(31)18-4-2/h6-17,23-24,26H,3-5,18-22,25H2,1-2H3/b12-8+/t46-/m0/s1. The van der Waals surface area contributed by atoms with Gasteiger partial charge in [0.25, 0.3) is 0 Å². The van der Waals surface area contributed by atoms with E-state index in [9.17, 15) is 22.2 Å². The van der Waals surface area contributed by atoms with E-state index in [0.717, 1.165) is 37.6 Å². The minimum absolute atomic E-state index is 0.00116. The molecule has 0 radical (unpaired) electrons. The van der Waals surface area contributed by atoms with E-state index >= 15 is 0 Å². The molecule has 0 N–H and O–H groups in total. The zero-order valence-electron chi connectivity index (χ0n) is 26.1. The zero-order chi connectivity index (χ0) is 32.9. The highest BCUT2D eigenvalue weighted by Gasteiger charge is 2.32. The van der Waals surface area contributed by atoms with Gasteiger partial charge in [0.2, 0.25) is 0 Å². The maximum Gasteiger partial charge on any atom is 0.416 e. The molecule has 0 unspecified atom stereocenters. The first-order valence-corrected chi connectivity index (χ1v) is 16.7. The van der Waals surface area contributed by atoms with Crippen LogP contribution < -0.4 is 4.74 Å². The molecule has 0 saturated carbocycles. The Labute approximate surface area is 270 Å². The van der Waals surface area contributed by atoms with Crippen LogP contribution >= 0.6 is 0 Å². The predicted molar refractivity (Wildman–Crippen MR) is 175 cm³/mol. The van der Waals surface area contributed by atoms with Crippen LogP contribution in [0.1, 0.15) is 55.5 Å². The van der Waals surface area contributed by atoms with Crippen LogP contribution in [0.2, 0.25) is 0 Å². The summed E-state index contributed by atoms with van der Waals surface area (Å²) in [5, 5.41) is 0. The van der Waals surface area contributed by atoms with Crippen molar-refractivity contribution in [2.24, 2.45) is 0 Å². The van der Waals surface area contributed by atoms with Crippen LogP contribution in [0.5, 0.6) is 5.75 Å². The fraction of sp³-hybridized carbons (Fsp3) is 0.333. The number of hydrogen-bond acceptors (Lipinski definition) is 5. The quantitative estimate of drug-likeness (QED) is 0.0848. The van der Waals surface area contributed by atoms with Gasteiger partial charge in [0.1, 0.15) is 12.4 Å². The van der Waals surface area contributed by atoms with Gasteiger partial charge in [-0.1, -0.05) is 56.7 Å². The van der Waals surface area contributed by atoms with Gasteiger partial charge in [-0.2, -0.15) is 13.2 Å². The van der Waals surface area contributed by atoms with Gasteiger partial charge in [0.05, 0.1) is 40.7 Å². The number of carbonyl (C=O) groups is 1. The Morgan fingerprint density at radius 3 is 2.37 bits per heavy atom. The smallest absolute Gasteiger partial charge is 0.416 e. The molecular formula is C36H39F3N2O4S. The van der Waals surface area contributed by atoms with Gasteiger partial charge in [-0.3, -0.25) is 9.00 Å². The average Bonchev–Trinajstić information content (AvgIpc) is 3.48. The molecule has 1 atom stereocenters. The van der Waals surface area contributed by atoms with Crippen LogP contribution in [0.3, 0.4) is 0 Å². The number of ether oxygens (including phenoxy) is 2. The second-order valence-electron chi connectivity index (χ2n) is 10.8. The molecular weight excluding hydrogens is 613 g/mol. The molecule has 4 rings (SSSR count). The lowest BCUT2D eigenvalue weighted by molar-refractivity contribution is -0.137. The summed E-state index contributed by atoms with van der Waals surface area (Å²) < 4.78 is 67.5. The number of halogens is 3. The highest BCUT2D eigenvalue weighted by molar-refractivity contribution is 7.84. The maximum atomic E-state index is 13.8. The summed E-state index contributed by atoms with van der Waals surface area (Å²) in [7, 11) is -1.29. The number of hydrogen-bond donors (Lipinski definition) is 0. The molecule has 0 aliphatic rings. The summed E-state index contributed by atoms with van der Waals surface area (Å²) >= 11 is 0. The normalized spacial score (nSPS) is 12.5. The molecule has 0 aliphatic heterocycles. The second-order valence-corrected chi connectivity index (χ2v) is 12.3. The molecule has 0 aliphatic carbocycles. The minimum Gasteiger partial charge on any atom is -0.491 e. The predicted octanol–water partition coefficient (Wildman–Crippen LogP) is 8.31. The van der Waals surface area contributed by atoms with Gasteiger partial charge in [0.15, 0.2) is 5.78 Å². The number of unbranched alkanes of at least 4 members (excludes halogenated alkanes) is 1. The highest BCUT2D eigenvalue weighted by atomic mass is 32.2. The number of rotatable bonds is 17. The van der Waals surface area contributed by atoms with Crippen molar-refractivity contribution in [3.8, 4) is 16.9 Å². The minimum atomic E-state index is -4.59. The summed E-state index contributed by atoms with van der Waals surface area (Å²) in [6.07, 6.45) is 4.25. The van der Waals surface area contributed by atoms with E-state index in [0.29, 0.717) is 52.9 Å². The number of imidazole rings is 1. The van der Waals surface area contributed by atoms with Crippen LogP contribution in [-0.2, 0) is 45.2 Å². The van der Waals surface area contributed by atoms with Gasteiger partial charge in [-0.05, 0) is 77.6 Å². The average molecular weight is 653 g/mol. The molecule has 1 aromatic heterocycles. The van der Waals surface area contributed by atoms with Crippen molar-refractivity contribution in [3.05, 3.63) is 108 Å². The lowest BCUT2D eigenvalue weighted by Gasteiger charge is -2.13. The van der Waals surface area contributed by atoms with Crippen molar-refractivity contribution in [3.63, 3.8) is 0 Å². The second kappa shape index (κ2) is 17.1. The van der Waals surface area contributed by atoms with Crippen molar-refractivity contribution in [1.82, 2.24) is 9.55 Å². The molecule has 1 heterocycles. The third-order valence-corrected chi connectivity index (χ3v) is 8.59. The third-order valence-electron chi connectivity index (χ3n) is 7.24. The lowest BCUT2D eigenvalue weighted by Crippen LogP contribution is -2.08. The molecule has 244 valence electrons. The Hall–Kier alpha value is -4.02. The van der Waals surface area contributed by atoms with E-state index in [1.54, 1.807) is 61.1 Å². The van der Waals surface area contributed by atoms with Crippen molar-refractivity contribution < 1.29 is 31.6 Å². The van der Waals surface area contributed by atoms with Crippen molar-refractivity contribution in [1.29, 1.82) is 0 Å². The van der Waals surface area contributed by atoms with E-state index < -0.39 is 22.5 Å². The molecule has 0 bridgehead atoms. The van der Waals surface area contributed by atoms with Crippen molar-refractivity contribution in [2.45, 2.75) is 62.9 Å². The summed E-state index contributed by atoms with van der Waals surface area (Å²) in [5.41, 5.74) is 1.93. The van der Waals surface area contributed by atoms with Crippen molar-refractivity contribution in [2.75, 3.05) is 19.8 Å². The maximum absolute atomic E-state index is 13.8. The Balaban J connectivity index is 1.39. The monoisotopic (exact) mass is 652 g/mol. The number of alkyl halides is 3. The molecule has 0 spiro atoms. The van der Waals surface area contributed by atoms with E-state index in [1.807, 2.05) is 4.57 Å². The van der Waals surface area contributed by atoms with Crippen LogP contribution in [-0.4, -0.2) is 39.4 Å². The SMILES string of the molecule is CCCCOCCOc1ccc(-c2ccc(C(F)(F)F)c(/C=C/C(=O)Cc3ccc([S@@](=O)Cc4cncn4CCC)cc3)c2)cc1. The summed E-state index contributed by atoms with van der Waals surface area (Å²) in [6.45, 7) is 6.54. The van der Waals surface area contributed by atoms with E-state index in [4.69, 9.17) is 9.47 Å². The molecule has 46 heavy (non-hydrogen) atoms. The summed E-state index contributed by atoms with van der Waals surface area (Å²) in [5.74, 6) is 0.615. The van der Waals surface area contributed by atoms with Crippen LogP contribution in [0.25, 0.3) is 17.2 Å². The number of benzene rings is 3. The van der Waals surface area contributed by atoms with Gasteiger partial charge >= 0.3 is 6.18 Å². The van der Waals surface area contributed by atoms with Crippen LogP contribution in [0.4, 0.5) is 13.2 Å². The van der Waals surface area contributed by atoms with Crippen LogP contribution in [0, 0.1) is 0 Å². The Morgan fingerprint density at radius 2 is 1.67 bits per heavy atom. The Morgan fingerprint density at radius 1 is 0.935 bits per heavy atom. The number of nitrogens with zero attached hydrogens (tertiary/aromatic N) is 2. The van der Waals surface area contributed by atoms with E-state index in [-0.39, 0.29) is 17.8 Å². The molecule has 0 amide bonds. The van der Waals surface area contributed by atoms with Crippen molar-refractivity contribution >= 4 is 22.7 Å². The van der Waals surface area contributed by atoms with Gasteiger partial charge in [-0.15, -0.1) is 0 Å². The summed E-state index contributed by atoms with van der Waals surface area (Å²) in [6, 6.07) is 17.8. The molecule has 4 aromatic rings. The topological polar surface area (TPSA) is 70.4 Å². The first-order chi connectivity index (χ1) is 22.2. The lowest BCUT2D eigenvalue weighted by atomic mass is 9.98.